The fourth-order valence-corrected chi connectivity index (χ4v) is 4.96. The van der Waals surface area contributed by atoms with Crippen LogP contribution in [0.4, 0.5) is 0 Å². The van der Waals surface area contributed by atoms with E-state index < -0.39 is 10.0 Å². The van der Waals surface area contributed by atoms with E-state index >= 15 is 0 Å². The van der Waals surface area contributed by atoms with Crippen LogP contribution in [0.5, 0.6) is 0 Å². The van der Waals surface area contributed by atoms with Crippen LogP contribution in [0.1, 0.15) is 31.9 Å². The van der Waals surface area contributed by atoms with Crippen molar-refractivity contribution < 1.29 is 13.2 Å². The Morgan fingerprint density at radius 2 is 1.50 bits per heavy atom. The number of nitrogens with zero attached hydrogens (tertiary/aromatic N) is 2. The zero-order valence-corrected chi connectivity index (χ0v) is 19.9. The van der Waals surface area contributed by atoms with Gasteiger partial charge >= 0.3 is 0 Å². The summed E-state index contributed by atoms with van der Waals surface area (Å²) in [6, 6.07) is 14.8. The van der Waals surface area contributed by atoms with Crippen molar-refractivity contribution in [2.45, 2.75) is 31.1 Å². The molecule has 0 bridgehead atoms. The van der Waals surface area contributed by atoms with Crippen LogP contribution in [0.15, 0.2) is 64.0 Å². The van der Waals surface area contributed by atoms with Crippen LogP contribution in [-0.2, 0) is 20.2 Å². The molecule has 30 heavy (non-hydrogen) atoms. The molecule has 160 valence electrons. The van der Waals surface area contributed by atoms with Crippen molar-refractivity contribution in [3.8, 4) is 0 Å². The van der Waals surface area contributed by atoms with Crippen LogP contribution in [0, 0.1) is 0 Å². The van der Waals surface area contributed by atoms with Crippen molar-refractivity contribution in [2.75, 3.05) is 26.2 Å². The third-order valence-corrected chi connectivity index (χ3v) is 7.64. The highest BCUT2D eigenvalue weighted by molar-refractivity contribution is 9.10. The van der Waals surface area contributed by atoms with Crippen LogP contribution in [0.3, 0.4) is 0 Å². The summed E-state index contributed by atoms with van der Waals surface area (Å²) in [5.74, 6) is -0.107. The first-order valence-corrected chi connectivity index (χ1v) is 12.1. The summed E-state index contributed by atoms with van der Waals surface area (Å²) in [6.45, 7) is 7.63. The van der Waals surface area contributed by atoms with E-state index in [0.717, 1.165) is 15.6 Å². The Bertz CT molecular complexity index is 1020. The average molecular weight is 491 g/mol. The molecular weight excluding hydrogens is 464 g/mol. The molecule has 3 rings (SSSR count). The fourth-order valence-electron chi connectivity index (χ4n) is 3.27. The minimum atomic E-state index is -3.56. The van der Waals surface area contributed by atoms with Crippen LogP contribution in [0.2, 0.25) is 0 Å². The number of sulfonamides is 1. The van der Waals surface area contributed by atoms with Gasteiger partial charge in [0.15, 0.2) is 0 Å². The van der Waals surface area contributed by atoms with Gasteiger partial charge in [-0.1, -0.05) is 61.0 Å². The lowest BCUT2D eigenvalue weighted by Crippen LogP contribution is -2.50. The number of benzene rings is 2. The lowest BCUT2D eigenvalue weighted by Gasteiger charge is -2.33. The van der Waals surface area contributed by atoms with Gasteiger partial charge in [-0.25, -0.2) is 8.42 Å². The number of hydrogen-bond donors (Lipinski definition) is 0. The maximum Gasteiger partial charge on any atom is 0.246 e. The molecular formula is C23H27BrN2O3S. The molecule has 0 atom stereocenters. The van der Waals surface area contributed by atoms with Gasteiger partial charge in [-0.05, 0) is 46.9 Å². The molecule has 7 heteroatoms. The number of piperazine rings is 1. The van der Waals surface area contributed by atoms with Gasteiger partial charge in [-0.3, -0.25) is 4.79 Å². The molecule has 0 unspecified atom stereocenters. The second-order valence-electron chi connectivity index (χ2n) is 8.39. The molecule has 2 aromatic carbocycles. The largest absolute Gasteiger partial charge is 0.337 e. The topological polar surface area (TPSA) is 57.7 Å². The van der Waals surface area contributed by atoms with Gasteiger partial charge in [0.25, 0.3) is 0 Å². The second kappa shape index (κ2) is 9.04. The van der Waals surface area contributed by atoms with Crippen LogP contribution < -0.4 is 0 Å². The molecule has 1 aliphatic heterocycles. The second-order valence-corrected chi connectivity index (χ2v) is 11.2. The molecule has 1 saturated heterocycles. The minimum Gasteiger partial charge on any atom is -0.337 e. The SMILES string of the molecule is CC(C)(C)c1ccc(S(=O)(=O)N2CCN(C(=O)C=Cc3ccc(Br)cc3)CC2)cc1. The summed E-state index contributed by atoms with van der Waals surface area (Å²) in [7, 11) is -3.56. The van der Waals surface area contributed by atoms with Gasteiger partial charge in [-0.2, -0.15) is 4.31 Å². The Hall–Kier alpha value is -1.96. The third-order valence-electron chi connectivity index (χ3n) is 5.20. The highest BCUT2D eigenvalue weighted by Gasteiger charge is 2.29. The number of rotatable bonds is 4. The van der Waals surface area contributed by atoms with E-state index in [1.807, 2.05) is 36.4 Å². The van der Waals surface area contributed by atoms with Crippen LogP contribution in [-0.4, -0.2) is 49.7 Å². The molecule has 0 aromatic heterocycles. The van der Waals surface area contributed by atoms with Gasteiger partial charge in [0.1, 0.15) is 0 Å². The molecule has 1 heterocycles. The Balaban J connectivity index is 1.61. The van der Waals surface area contributed by atoms with Crippen LogP contribution in [0.25, 0.3) is 6.08 Å². The molecule has 1 aliphatic rings. The number of carbonyl (C=O) groups excluding carboxylic acids is 1. The van der Waals surface area contributed by atoms with E-state index in [0.29, 0.717) is 31.1 Å². The summed E-state index contributed by atoms with van der Waals surface area (Å²) >= 11 is 3.39. The first-order valence-electron chi connectivity index (χ1n) is 9.91. The maximum absolute atomic E-state index is 13.0. The summed E-state index contributed by atoms with van der Waals surface area (Å²) in [4.78, 5) is 14.4. The summed E-state index contributed by atoms with van der Waals surface area (Å²) in [5, 5.41) is 0. The van der Waals surface area contributed by atoms with Gasteiger partial charge in [0.05, 0.1) is 4.90 Å². The van der Waals surface area contributed by atoms with Crippen molar-refractivity contribution >= 4 is 37.9 Å². The number of halogens is 1. The highest BCUT2D eigenvalue weighted by Crippen LogP contribution is 2.25. The van der Waals surface area contributed by atoms with Crippen molar-refractivity contribution in [1.82, 2.24) is 9.21 Å². The van der Waals surface area contributed by atoms with E-state index in [1.165, 1.54) is 4.31 Å². The fraction of sp³-hybridized carbons (Fsp3) is 0.348. The van der Waals surface area contributed by atoms with Crippen LogP contribution >= 0.6 is 15.9 Å². The standard InChI is InChI=1S/C23H27BrN2O3S/c1-23(2,3)19-7-11-21(12-8-19)30(28,29)26-16-14-25(15-17-26)22(27)13-6-18-4-9-20(24)10-5-18/h4-13H,14-17H2,1-3H3. The number of amides is 1. The molecule has 2 aromatic rings. The van der Waals surface area contributed by atoms with Gasteiger partial charge in [0, 0.05) is 36.7 Å². The van der Waals surface area contributed by atoms with Crippen molar-refractivity contribution in [3.63, 3.8) is 0 Å². The first-order chi connectivity index (χ1) is 14.1. The molecule has 0 radical (unpaired) electrons. The molecule has 0 saturated carbocycles. The lowest BCUT2D eigenvalue weighted by molar-refractivity contribution is -0.127. The summed E-state index contributed by atoms with van der Waals surface area (Å²) < 4.78 is 28.4. The number of carbonyl (C=O) groups is 1. The average Bonchev–Trinajstić information content (AvgIpc) is 2.72. The van der Waals surface area contributed by atoms with Crippen molar-refractivity contribution in [3.05, 3.63) is 70.2 Å². The first kappa shape index (κ1) is 22.7. The summed E-state index contributed by atoms with van der Waals surface area (Å²) in [5.41, 5.74) is 2.00. The van der Waals surface area contributed by atoms with E-state index in [9.17, 15) is 13.2 Å². The van der Waals surface area contributed by atoms with Gasteiger partial charge in [-0.15, -0.1) is 0 Å². The van der Waals surface area contributed by atoms with Gasteiger partial charge in [0.2, 0.25) is 15.9 Å². The maximum atomic E-state index is 13.0. The Morgan fingerprint density at radius 3 is 2.03 bits per heavy atom. The van der Waals surface area contributed by atoms with Crippen molar-refractivity contribution in [2.24, 2.45) is 0 Å². The normalized spacial score (nSPS) is 16.2. The minimum absolute atomic E-state index is 0.0297. The third kappa shape index (κ3) is 5.39. The zero-order valence-electron chi connectivity index (χ0n) is 17.5. The monoisotopic (exact) mass is 490 g/mol. The number of hydrogen-bond acceptors (Lipinski definition) is 3. The predicted molar refractivity (Wildman–Crippen MR) is 124 cm³/mol. The molecule has 5 nitrogen and oxygen atoms in total. The molecule has 1 fully saturated rings. The molecule has 1 amide bonds. The summed E-state index contributed by atoms with van der Waals surface area (Å²) in [6.07, 6.45) is 3.31. The lowest BCUT2D eigenvalue weighted by atomic mass is 9.87. The van der Waals surface area contributed by atoms with E-state index in [1.54, 1.807) is 29.2 Å². The Labute approximate surface area is 187 Å². The quantitative estimate of drug-likeness (QED) is 0.600. The molecule has 0 N–H and O–H groups in total. The Kier molecular flexibility index (Phi) is 6.84. The predicted octanol–water partition coefficient (Wildman–Crippen LogP) is 4.29. The van der Waals surface area contributed by atoms with E-state index in [2.05, 4.69) is 36.7 Å². The molecule has 0 aliphatic carbocycles. The highest BCUT2D eigenvalue weighted by atomic mass is 79.9. The zero-order chi connectivity index (χ0) is 21.9. The Morgan fingerprint density at radius 1 is 0.933 bits per heavy atom. The van der Waals surface area contributed by atoms with Gasteiger partial charge < -0.3 is 4.90 Å². The van der Waals surface area contributed by atoms with E-state index in [-0.39, 0.29) is 11.3 Å². The van der Waals surface area contributed by atoms with Crippen molar-refractivity contribution in [1.29, 1.82) is 0 Å². The smallest absolute Gasteiger partial charge is 0.246 e. The van der Waals surface area contributed by atoms with E-state index in [4.69, 9.17) is 0 Å². The molecule has 0 spiro atoms.